The maximum absolute atomic E-state index is 11.6. The first kappa shape index (κ1) is 24.0. The number of para-hydroxylation sites is 2. The van der Waals surface area contributed by atoms with Crippen molar-refractivity contribution in [2.24, 2.45) is 0 Å². The number of nitrogens with zero attached hydrogens (tertiary/aromatic N) is 3. The van der Waals surface area contributed by atoms with Crippen molar-refractivity contribution in [3.05, 3.63) is 128 Å². The Balaban J connectivity index is 0.00000264. The number of aromatic nitrogens is 3. The molecule has 0 aliphatic carbocycles. The molecule has 0 fully saturated rings. The van der Waals surface area contributed by atoms with E-state index in [1.807, 2.05) is 84.9 Å². The fourth-order valence-corrected chi connectivity index (χ4v) is 5.06. The SMILES string of the molecule is Oc1c(-c2[c-]c(-c3ccc(-c4ccccn4)[n-]3)ccc2)ccc2c1c1ccccc1n2-c1ccccc1.[Au]. The minimum Gasteiger partial charge on any atom is -0.691 e. The number of benzene rings is 4. The van der Waals surface area contributed by atoms with Gasteiger partial charge in [0.2, 0.25) is 0 Å². The van der Waals surface area contributed by atoms with Crippen molar-refractivity contribution in [3.8, 4) is 45.2 Å². The number of rotatable bonds is 4. The molecule has 0 atom stereocenters. The minimum absolute atomic E-state index is 0. The van der Waals surface area contributed by atoms with Crippen LogP contribution in [0.25, 0.3) is 61.3 Å². The molecule has 0 bridgehead atoms. The molecule has 7 aromatic rings. The zero-order valence-corrected chi connectivity index (χ0v) is 22.3. The average Bonchev–Trinajstić information content (AvgIpc) is 3.58. The van der Waals surface area contributed by atoms with Crippen molar-refractivity contribution in [2.45, 2.75) is 0 Å². The van der Waals surface area contributed by atoms with Gasteiger partial charge in [0.25, 0.3) is 0 Å². The fraction of sp³-hybridized carbons (Fsp3) is 0. The van der Waals surface area contributed by atoms with Crippen LogP contribution in [-0.4, -0.2) is 14.7 Å². The van der Waals surface area contributed by atoms with E-state index in [1.165, 1.54) is 0 Å². The molecule has 1 radical (unpaired) electrons. The number of pyridine rings is 1. The Bertz CT molecular complexity index is 1890. The summed E-state index contributed by atoms with van der Waals surface area (Å²) in [5, 5.41) is 13.5. The third-order valence-corrected chi connectivity index (χ3v) is 6.75. The Labute approximate surface area is 235 Å². The van der Waals surface area contributed by atoms with Gasteiger partial charge < -0.3 is 14.7 Å². The minimum atomic E-state index is 0. The summed E-state index contributed by atoms with van der Waals surface area (Å²) in [6.07, 6.45) is 1.77. The van der Waals surface area contributed by atoms with E-state index in [9.17, 15) is 5.11 Å². The number of hydrogen-bond donors (Lipinski definition) is 1. The van der Waals surface area contributed by atoms with Gasteiger partial charge in [-0.3, -0.25) is 4.98 Å². The van der Waals surface area contributed by atoms with Crippen LogP contribution in [0.3, 0.4) is 0 Å². The summed E-state index contributed by atoms with van der Waals surface area (Å²) in [6.45, 7) is 0. The van der Waals surface area contributed by atoms with Crippen molar-refractivity contribution in [1.29, 1.82) is 0 Å². The van der Waals surface area contributed by atoms with Crippen molar-refractivity contribution in [1.82, 2.24) is 14.5 Å². The number of phenols is 1. The van der Waals surface area contributed by atoms with E-state index in [1.54, 1.807) is 6.20 Å². The predicted octanol–water partition coefficient (Wildman–Crippen LogP) is 7.64. The van der Waals surface area contributed by atoms with Gasteiger partial charge in [-0.15, -0.1) is 47.2 Å². The molecule has 0 aliphatic heterocycles. The van der Waals surface area contributed by atoms with Crippen LogP contribution in [0.2, 0.25) is 0 Å². The predicted molar refractivity (Wildman–Crippen MR) is 149 cm³/mol. The molecule has 0 spiro atoms. The number of hydrogen-bond acceptors (Lipinski definition) is 2. The van der Waals surface area contributed by atoms with Crippen LogP contribution in [0.4, 0.5) is 0 Å². The standard InChI is InChI=1S/C33H21N3O.Au/c37-33-25(22-9-8-10-23(21-22)27-17-18-29(35-27)28-14-6-7-20-34-28)16-19-31-32(33)26-13-4-5-15-30(26)36(31)24-11-2-1-3-12-24;/h1-20H,(H-,34,35,37);/q-2;. The van der Waals surface area contributed by atoms with Crippen molar-refractivity contribution in [3.63, 3.8) is 0 Å². The van der Waals surface area contributed by atoms with Gasteiger partial charge in [-0.1, -0.05) is 54.6 Å². The van der Waals surface area contributed by atoms with Gasteiger partial charge in [-0.05, 0) is 42.0 Å². The van der Waals surface area contributed by atoms with E-state index in [0.29, 0.717) is 0 Å². The van der Waals surface area contributed by atoms with E-state index >= 15 is 0 Å². The molecule has 187 valence electrons. The molecule has 0 aliphatic rings. The second-order valence-electron chi connectivity index (χ2n) is 8.95. The van der Waals surface area contributed by atoms with E-state index < -0.39 is 0 Å². The van der Waals surface area contributed by atoms with Crippen LogP contribution in [0.15, 0.2) is 121 Å². The Morgan fingerprint density at radius 2 is 1.42 bits per heavy atom. The van der Waals surface area contributed by atoms with Gasteiger partial charge in [0.1, 0.15) is 5.75 Å². The quantitative estimate of drug-likeness (QED) is 0.155. The molecule has 3 aromatic heterocycles. The maximum Gasteiger partial charge on any atom is 0.100 e. The van der Waals surface area contributed by atoms with Gasteiger partial charge in [-0.2, -0.15) is 0 Å². The van der Waals surface area contributed by atoms with E-state index in [-0.39, 0.29) is 28.1 Å². The third kappa shape index (κ3) is 3.96. The molecule has 7 rings (SSSR count). The summed E-state index contributed by atoms with van der Waals surface area (Å²) in [7, 11) is 0. The number of fused-ring (bicyclic) bond motifs is 3. The maximum atomic E-state index is 11.6. The monoisotopic (exact) mass is 672 g/mol. The molecule has 0 amide bonds. The molecule has 0 saturated carbocycles. The topological polar surface area (TPSA) is 52.2 Å². The Hall–Kier alpha value is -4.35. The zero-order valence-electron chi connectivity index (χ0n) is 20.1. The molecule has 0 saturated heterocycles. The number of phenolic OH excluding ortho intramolecular Hbond substituents is 1. The van der Waals surface area contributed by atoms with Crippen LogP contribution < -0.4 is 4.98 Å². The Kier molecular flexibility index (Phi) is 6.22. The van der Waals surface area contributed by atoms with Gasteiger partial charge in [-0.25, -0.2) is 5.69 Å². The normalized spacial score (nSPS) is 11.1. The first-order valence-corrected chi connectivity index (χ1v) is 12.2. The fourth-order valence-electron chi connectivity index (χ4n) is 5.06. The van der Waals surface area contributed by atoms with Crippen LogP contribution in [0, 0.1) is 6.07 Å². The summed E-state index contributed by atoms with van der Waals surface area (Å²) in [5.74, 6) is 0.251. The van der Waals surface area contributed by atoms with Crippen LogP contribution in [0.1, 0.15) is 0 Å². The Morgan fingerprint density at radius 1 is 0.658 bits per heavy atom. The molecule has 4 aromatic carbocycles. The summed E-state index contributed by atoms with van der Waals surface area (Å²) >= 11 is 0. The summed E-state index contributed by atoms with van der Waals surface area (Å²) < 4.78 is 2.20. The molecular formula is C33H21AuN3O-2. The molecule has 1 N–H and O–H groups in total. The summed E-state index contributed by atoms with van der Waals surface area (Å²) in [6, 6.07) is 41.7. The smallest absolute Gasteiger partial charge is 0.100 e. The average molecular weight is 673 g/mol. The largest absolute Gasteiger partial charge is 0.691 e. The summed E-state index contributed by atoms with van der Waals surface area (Å²) in [5.41, 5.74) is 7.97. The van der Waals surface area contributed by atoms with E-state index in [2.05, 4.69) is 45.9 Å². The molecule has 5 heteroatoms. The van der Waals surface area contributed by atoms with Crippen molar-refractivity contribution < 1.29 is 27.5 Å². The van der Waals surface area contributed by atoms with Crippen LogP contribution in [-0.2, 0) is 22.4 Å². The van der Waals surface area contributed by atoms with Crippen molar-refractivity contribution >= 4 is 21.8 Å². The molecule has 3 heterocycles. The molecule has 38 heavy (non-hydrogen) atoms. The second-order valence-corrected chi connectivity index (χ2v) is 8.95. The molecular weight excluding hydrogens is 651 g/mol. The second kappa shape index (κ2) is 9.84. The van der Waals surface area contributed by atoms with Gasteiger partial charge in [0, 0.05) is 50.7 Å². The third-order valence-electron chi connectivity index (χ3n) is 6.75. The van der Waals surface area contributed by atoms with Gasteiger partial charge in [0.15, 0.2) is 0 Å². The van der Waals surface area contributed by atoms with Gasteiger partial charge in [0.05, 0.1) is 11.0 Å². The van der Waals surface area contributed by atoms with Crippen LogP contribution >= 0.6 is 0 Å². The number of aromatic hydroxyl groups is 1. The van der Waals surface area contributed by atoms with Crippen LogP contribution in [0.5, 0.6) is 5.75 Å². The first-order chi connectivity index (χ1) is 18.3. The van der Waals surface area contributed by atoms with Gasteiger partial charge >= 0.3 is 0 Å². The van der Waals surface area contributed by atoms with E-state index in [0.717, 1.165) is 61.3 Å². The van der Waals surface area contributed by atoms with E-state index in [4.69, 9.17) is 4.98 Å². The summed E-state index contributed by atoms with van der Waals surface area (Å²) in [4.78, 5) is 9.18. The molecule has 0 unspecified atom stereocenters. The zero-order chi connectivity index (χ0) is 24.8. The van der Waals surface area contributed by atoms with Crippen molar-refractivity contribution in [2.75, 3.05) is 0 Å². The first-order valence-electron chi connectivity index (χ1n) is 12.2. The molecule has 4 nitrogen and oxygen atoms in total. The Morgan fingerprint density at radius 3 is 2.26 bits per heavy atom.